The van der Waals surface area contributed by atoms with Gasteiger partial charge in [-0.25, -0.2) is 18.0 Å². The van der Waals surface area contributed by atoms with Crippen molar-refractivity contribution in [2.24, 2.45) is 0 Å². The molecule has 0 aliphatic carbocycles. The van der Waals surface area contributed by atoms with Crippen LogP contribution in [0.1, 0.15) is 18.1 Å². The summed E-state index contributed by atoms with van der Waals surface area (Å²) in [6, 6.07) is 15.2. The van der Waals surface area contributed by atoms with Gasteiger partial charge in [0.2, 0.25) is 9.84 Å². The van der Waals surface area contributed by atoms with Gasteiger partial charge in [-0.3, -0.25) is 0 Å². The average Bonchev–Trinajstić information content (AvgIpc) is 2.71. The van der Waals surface area contributed by atoms with E-state index in [1.165, 1.54) is 18.2 Å². The molecular weight excluding hydrogens is 404 g/mol. The van der Waals surface area contributed by atoms with E-state index in [9.17, 15) is 18.0 Å². The molecule has 0 spiro atoms. The average molecular weight is 429 g/mol. The zero-order valence-corrected chi connectivity index (χ0v) is 17.7. The second-order valence-electron chi connectivity index (χ2n) is 6.67. The number of aryl methyl sites for hydroxylation is 1. The van der Waals surface area contributed by atoms with E-state index in [4.69, 9.17) is 9.47 Å². The van der Waals surface area contributed by atoms with Crippen molar-refractivity contribution < 1.29 is 27.5 Å². The summed E-state index contributed by atoms with van der Waals surface area (Å²) >= 11 is 0. The lowest BCUT2D eigenvalue weighted by Crippen LogP contribution is -2.40. The summed E-state index contributed by atoms with van der Waals surface area (Å²) in [7, 11) is -4.36. The second kappa shape index (κ2) is 10.5. The molecule has 0 heterocycles. The van der Waals surface area contributed by atoms with Crippen LogP contribution in [0.5, 0.6) is 0 Å². The van der Waals surface area contributed by atoms with Gasteiger partial charge in [-0.2, -0.15) is 0 Å². The van der Waals surface area contributed by atoms with Crippen molar-refractivity contribution in [2.75, 3.05) is 13.2 Å². The van der Waals surface area contributed by atoms with E-state index in [0.717, 1.165) is 11.1 Å². The van der Waals surface area contributed by atoms with Crippen LogP contribution in [-0.2, 0) is 28.9 Å². The molecule has 7 heteroatoms. The number of carbonyl (C=O) groups is 2. The van der Waals surface area contributed by atoms with Crippen LogP contribution in [0.15, 0.2) is 77.7 Å². The predicted octanol–water partition coefficient (Wildman–Crippen LogP) is 3.51. The largest absolute Gasteiger partial charge is 0.460 e. The lowest BCUT2D eigenvalue weighted by molar-refractivity contribution is -0.152. The number of carbonyl (C=O) groups excluding carboxylic acids is 2. The van der Waals surface area contributed by atoms with Crippen LogP contribution in [0.25, 0.3) is 6.08 Å². The first-order valence-electron chi connectivity index (χ1n) is 9.22. The Bertz CT molecular complexity index is 1020. The first-order chi connectivity index (χ1) is 14.3. The molecule has 2 aromatic carbocycles. The molecule has 0 aliphatic heterocycles. The number of rotatable bonds is 9. The Labute approximate surface area is 176 Å². The maximum atomic E-state index is 13.0. The molecule has 0 N–H and O–H groups in total. The second-order valence-corrected chi connectivity index (χ2v) is 8.70. The summed E-state index contributed by atoms with van der Waals surface area (Å²) in [6.07, 6.45) is 3.08. The number of benzene rings is 2. The topological polar surface area (TPSA) is 86.7 Å². The molecule has 0 aromatic heterocycles. The van der Waals surface area contributed by atoms with E-state index in [1.54, 1.807) is 32.1 Å². The molecule has 0 saturated carbocycles. The molecular formula is C23H24O6S. The van der Waals surface area contributed by atoms with E-state index < -0.39 is 27.0 Å². The molecule has 158 valence electrons. The van der Waals surface area contributed by atoms with Gasteiger partial charge in [-0.1, -0.05) is 66.8 Å². The van der Waals surface area contributed by atoms with Gasteiger partial charge in [-0.05, 0) is 37.1 Å². The van der Waals surface area contributed by atoms with Gasteiger partial charge in [0, 0.05) is 0 Å². The van der Waals surface area contributed by atoms with Crippen LogP contribution < -0.4 is 0 Å². The molecule has 0 aliphatic rings. The summed E-state index contributed by atoms with van der Waals surface area (Å²) in [5.41, 5.74) is 2.42. The highest BCUT2D eigenvalue weighted by Gasteiger charge is 2.43. The van der Waals surface area contributed by atoms with Gasteiger partial charge in [0.05, 0.1) is 4.90 Å². The zero-order chi connectivity index (χ0) is 22.1. The Morgan fingerprint density at radius 2 is 1.60 bits per heavy atom. The normalized spacial score (nSPS) is 12.7. The maximum Gasteiger partial charge on any atom is 0.336 e. The van der Waals surface area contributed by atoms with E-state index in [0.29, 0.717) is 5.57 Å². The van der Waals surface area contributed by atoms with E-state index in [2.05, 4.69) is 6.58 Å². The van der Waals surface area contributed by atoms with Gasteiger partial charge in [0.15, 0.2) is 0 Å². The van der Waals surface area contributed by atoms with Crippen LogP contribution in [0, 0.1) is 6.92 Å². The van der Waals surface area contributed by atoms with Crippen molar-refractivity contribution in [3.05, 3.63) is 84.0 Å². The molecule has 0 bridgehead atoms. The van der Waals surface area contributed by atoms with Crippen LogP contribution in [0.4, 0.5) is 0 Å². The van der Waals surface area contributed by atoms with Crippen molar-refractivity contribution >= 4 is 27.9 Å². The number of hydrogen-bond donors (Lipinski definition) is 0. The summed E-state index contributed by atoms with van der Waals surface area (Å²) in [6.45, 7) is 6.56. The number of hydrogen-bond acceptors (Lipinski definition) is 6. The summed E-state index contributed by atoms with van der Waals surface area (Å²) < 4.78 is 36.0. The standard InChI is InChI=1S/C23H24O6S/c1-4-14-28-22(24)21(30(26,27)20-12-10-17(2)11-13-20)23(25)29-16-18(3)15-19-8-6-5-7-9-19/h4-13,15,21H,1,14,16H2,2-3H3/b18-15+. The van der Waals surface area contributed by atoms with Crippen LogP contribution >= 0.6 is 0 Å². The number of sulfone groups is 1. The smallest absolute Gasteiger partial charge is 0.336 e. The Balaban J connectivity index is 2.24. The van der Waals surface area contributed by atoms with Crippen molar-refractivity contribution in [1.29, 1.82) is 0 Å². The molecule has 6 nitrogen and oxygen atoms in total. The fourth-order valence-electron chi connectivity index (χ4n) is 2.57. The minimum atomic E-state index is -4.36. The van der Waals surface area contributed by atoms with Gasteiger partial charge >= 0.3 is 11.9 Å². The Morgan fingerprint density at radius 3 is 2.20 bits per heavy atom. The Kier molecular flexibility index (Phi) is 8.12. The summed E-state index contributed by atoms with van der Waals surface area (Å²) in [4.78, 5) is 24.9. The molecule has 2 rings (SSSR count). The molecule has 0 fully saturated rings. The molecule has 1 atom stereocenters. The van der Waals surface area contributed by atoms with Crippen LogP contribution in [0.2, 0.25) is 0 Å². The molecule has 30 heavy (non-hydrogen) atoms. The highest BCUT2D eigenvalue weighted by atomic mass is 32.2. The van der Waals surface area contributed by atoms with Crippen LogP contribution in [0.3, 0.4) is 0 Å². The lowest BCUT2D eigenvalue weighted by atomic mass is 10.1. The number of ether oxygens (including phenoxy) is 2. The molecule has 0 saturated heterocycles. The Morgan fingerprint density at radius 1 is 1.00 bits per heavy atom. The zero-order valence-electron chi connectivity index (χ0n) is 16.9. The fourth-order valence-corrected chi connectivity index (χ4v) is 4.00. The lowest BCUT2D eigenvalue weighted by Gasteiger charge is -2.16. The molecule has 1 unspecified atom stereocenters. The quantitative estimate of drug-likeness (QED) is 0.345. The first kappa shape index (κ1) is 23.1. The van der Waals surface area contributed by atoms with Crippen LogP contribution in [-0.4, -0.2) is 38.8 Å². The van der Waals surface area contributed by atoms with Crippen molar-refractivity contribution in [1.82, 2.24) is 0 Å². The summed E-state index contributed by atoms with van der Waals surface area (Å²) in [5, 5.41) is -2.12. The predicted molar refractivity (Wildman–Crippen MR) is 114 cm³/mol. The third kappa shape index (κ3) is 6.15. The van der Waals surface area contributed by atoms with Gasteiger partial charge in [-0.15, -0.1) is 0 Å². The monoisotopic (exact) mass is 428 g/mol. The fraction of sp³-hybridized carbons (Fsp3) is 0.217. The Hall–Kier alpha value is -3.19. The SMILES string of the molecule is C=CCOC(=O)C(C(=O)OC/C(C)=C/c1ccccc1)S(=O)(=O)c1ccc(C)cc1. The number of esters is 2. The maximum absolute atomic E-state index is 13.0. The first-order valence-corrected chi connectivity index (χ1v) is 10.8. The van der Waals surface area contributed by atoms with Gasteiger partial charge in [0.25, 0.3) is 5.25 Å². The summed E-state index contributed by atoms with van der Waals surface area (Å²) in [5.74, 6) is -2.39. The van der Waals surface area contributed by atoms with Gasteiger partial charge in [0.1, 0.15) is 13.2 Å². The highest BCUT2D eigenvalue weighted by molar-refractivity contribution is 7.93. The van der Waals surface area contributed by atoms with E-state index in [1.807, 2.05) is 30.3 Å². The van der Waals surface area contributed by atoms with E-state index in [-0.39, 0.29) is 18.1 Å². The molecule has 0 radical (unpaired) electrons. The third-order valence-corrected chi connectivity index (χ3v) is 6.02. The highest BCUT2D eigenvalue weighted by Crippen LogP contribution is 2.20. The van der Waals surface area contributed by atoms with Crippen molar-refractivity contribution in [3.8, 4) is 0 Å². The third-order valence-electron chi connectivity index (χ3n) is 4.09. The van der Waals surface area contributed by atoms with Crippen molar-refractivity contribution in [2.45, 2.75) is 24.0 Å². The van der Waals surface area contributed by atoms with Crippen molar-refractivity contribution in [3.63, 3.8) is 0 Å². The molecule has 2 aromatic rings. The minimum absolute atomic E-state index is 0.164. The van der Waals surface area contributed by atoms with E-state index >= 15 is 0 Å². The van der Waals surface area contributed by atoms with Gasteiger partial charge < -0.3 is 9.47 Å². The minimum Gasteiger partial charge on any atom is -0.460 e. The molecule has 0 amide bonds.